The zero-order chi connectivity index (χ0) is 24.8. The smallest absolute Gasteiger partial charge is 0.386 e. The molecule has 4 aromatic rings. The van der Waals surface area contributed by atoms with Crippen molar-refractivity contribution >= 4 is 34.8 Å². The fourth-order valence-electron chi connectivity index (χ4n) is 3.56. The third-order valence-corrected chi connectivity index (χ3v) is 6.22. The highest BCUT2D eigenvalue weighted by molar-refractivity contribution is 6.38. The van der Waals surface area contributed by atoms with Crippen LogP contribution in [0.25, 0.3) is 28.1 Å². The normalized spacial score (nSPS) is 12.3. The molecule has 0 aliphatic heterocycles. The fourth-order valence-corrected chi connectivity index (χ4v) is 4.39. The summed E-state index contributed by atoms with van der Waals surface area (Å²) in [4.78, 5) is 0. The van der Waals surface area contributed by atoms with Crippen molar-refractivity contribution in [2.24, 2.45) is 0 Å². The molecular weight excluding hydrogens is 508 g/mol. The van der Waals surface area contributed by atoms with Gasteiger partial charge in [-0.05, 0) is 60.9 Å². The predicted octanol–water partition coefficient (Wildman–Crippen LogP) is 8.41. The van der Waals surface area contributed by atoms with E-state index in [4.69, 9.17) is 34.8 Å². The highest BCUT2D eigenvalue weighted by atomic mass is 35.5. The van der Waals surface area contributed by atoms with E-state index in [1.807, 2.05) is 24.3 Å². The first-order chi connectivity index (χ1) is 15.9. The second kappa shape index (κ2) is 8.93. The summed E-state index contributed by atoms with van der Waals surface area (Å²) in [5.74, 6) is 0. The van der Waals surface area contributed by atoms with Gasteiger partial charge >= 0.3 is 6.18 Å². The first-order valence-electron chi connectivity index (χ1n) is 10.1. The van der Waals surface area contributed by atoms with Crippen molar-refractivity contribution in [3.63, 3.8) is 0 Å². The topological polar surface area (TPSA) is 38.1 Å². The van der Waals surface area contributed by atoms with Crippen LogP contribution >= 0.6 is 34.8 Å². The Morgan fingerprint density at radius 3 is 2.00 bits per heavy atom. The van der Waals surface area contributed by atoms with Crippen LogP contribution in [0.1, 0.15) is 25.1 Å². The van der Waals surface area contributed by atoms with Gasteiger partial charge in [0.25, 0.3) is 0 Å². The molecule has 0 fully saturated rings. The summed E-state index contributed by atoms with van der Waals surface area (Å²) in [6.45, 7) is 3.36. The van der Waals surface area contributed by atoms with Crippen LogP contribution in [0.3, 0.4) is 0 Å². The summed E-state index contributed by atoms with van der Waals surface area (Å²) in [6.07, 6.45) is -4.68. The molecule has 1 heterocycles. The summed E-state index contributed by atoms with van der Waals surface area (Å²) in [6, 6.07) is 17.9. The monoisotopic (exact) mass is 524 g/mol. The highest BCUT2D eigenvalue weighted by Gasteiger charge is 2.36. The van der Waals surface area contributed by atoms with Gasteiger partial charge in [0.05, 0.1) is 26.4 Å². The second-order valence-electron chi connectivity index (χ2n) is 8.23. The van der Waals surface area contributed by atoms with Gasteiger partial charge < -0.3 is 5.11 Å². The molecule has 0 bridgehead atoms. The molecule has 9 heteroatoms. The molecule has 4 rings (SSSR count). The molecule has 34 heavy (non-hydrogen) atoms. The molecule has 0 amide bonds. The Balaban J connectivity index is 1.87. The van der Waals surface area contributed by atoms with Gasteiger partial charge in [-0.3, -0.25) is 0 Å². The quantitative estimate of drug-likeness (QED) is 0.290. The third-order valence-electron chi connectivity index (χ3n) is 5.30. The van der Waals surface area contributed by atoms with Crippen molar-refractivity contribution in [2.45, 2.75) is 25.6 Å². The first-order valence-corrected chi connectivity index (χ1v) is 11.2. The average molecular weight is 526 g/mol. The largest absolute Gasteiger partial charge is 0.435 e. The molecular formula is C25H18Cl3F3N2O. The van der Waals surface area contributed by atoms with Crippen LogP contribution in [0.2, 0.25) is 15.1 Å². The van der Waals surface area contributed by atoms with E-state index in [0.717, 1.165) is 21.9 Å². The van der Waals surface area contributed by atoms with Crippen LogP contribution < -0.4 is 0 Å². The van der Waals surface area contributed by atoms with Gasteiger partial charge in [-0.1, -0.05) is 71.2 Å². The van der Waals surface area contributed by atoms with Crippen LogP contribution in [0, 0.1) is 0 Å². The van der Waals surface area contributed by atoms with E-state index in [1.54, 1.807) is 38.1 Å². The molecule has 0 aliphatic carbocycles. The molecule has 0 atom stereocenters. The zero-order valence-corrected chi connectivity index (χ0v) is 20.2. The van der Waals surface area contributed by atoms with E-state index in [9.17, 15) is 18.3 Å². The number of alkyl halides is 3. The summed E-state index contributed by atoms with van der Waals surface area (Å²) in [7, 11) is 0. The minimum absolute atomic E-state index is 0.0871. The lowest BCUT2D eigenvalue weighted by molar-refractivity contribution is -0.141. The average Bonchev–Trinajstić information content (AvgIpc) is 3.18. The molecule has 176 valence electrons. The van der Waals surface area contributed by atoms with Gasteiger partial charge in [-0.15, -0.1) is 0 Å². The molecule has 0 aliphatic rings. The predicted molar refractivity (Wildman–Crippen MR) is 130 cm³/mol. The second-order valence-corrected chi connectivity index (χ2v) is 9.45. The summed E-state index contributed by atoms with van der Waals surface area (Å²) in [5, 5.41) is 14.5. The van der Waals surface area contributed by atoms with Crippen LogP contribution in [0.4, 0.5) is 13.2 Å². The maximum absolute atomic E-state index is 13.5. The fraction of sp³-hybridized carbons (Fsp3) is 0.160. The molecule has 3 aromatic carbocycles. The van der Waals surface area contributed by atoms with Crippen molar-refractivity contribution in [2.75, 3.05) is 0 Å². The zero-order valence-electron chi connectivity index (χ0n) is 18.0. The summed E-state index contributed by atoms with van der Waals surface area (Å²) < 4.78 is 41.7. The molecule has 3 nitrogen and oxygen atoms in total. The van der Waals surface area contributed by atoms with E-state index >= 15 is 0 Å². The Bertz CT molecular complexity index is 1350. The summed E-state index contributed by atoms with van der Waals surface area (Å²) >= 11 is 19.1. The number of para-hydroxylation sites is 1. The molecule has 0 saturated heterocycles. The Morgan fingerprint density at radius 2 is 1.41 bits per heavy atom. The maximum atomic E-state index is 13.5. The Labute approximate surface area is 209 Å². The minimum atomic E-state index is -4.68. The molecule has 0 radical (unpaired) electrons. The Morgan fingerprint density at radius 1 is 0.794 bits per heavy atom. The van der Waals surface area contributed by atoms with Gasteiger partial charge in [-0.2, -0.15) is 18.3 Å². The summed E-state index contributed by atoms with van der Waals surface area (Å²) in [5.41, 5.74) is 0.642. The van der Waals surface area contributed by atoms with Gasteiger partial charge in [-0.25, -0.2) is 4.68 Å². The number of aromatic nitrogens is 2. The lowest BCUT2D eigenvalue weighted by Crippen LogP contribution is -2.15. The maximum Gasteiger partial charge on any atom is 0.435 e. The Kier molecular flexibility index (Phi) is 6.46. The number of halogens is 6. The van der Waals surface area contributed by atoms with E-state index < -0.39 is 17.5 Å². The number of rotatable bonds is 4. The lowest BCUT2D eigenvalue weighted by Gasteiger charge is -2.19. The standard InChI is InChI=1S/C25H18Cl3F3N2O/c1-24(2,34)16-6-3-5-14(11-16)15-9-10-17(20(28)12-15)21-13-22(25(29,30)31)32-33(21)23-18(26)7-4-8-19(23)27/h3-13,34H,1-2H3. The molecule has 0 saturated carbocycles. The molecule has 0 unspecified atom stereocenters. The number of benzene rings is 3. The lowest BCUT2D eigenvalue weighted by atomic mass is 9.94. The van der Waals surface area contributed by atoms with Crippen molar-refractivity contribution in [1.82, 2.24) is 9.78 Å². The molecule has 0 spiro atoms. The number of aliphatic hydroxyl groups is 1. The van der Waals surface area contributed by atoms with Crippen molar-refractivity contribution in [1.29, 1.82) is 0 Å². The number of hydrogen-bond donors (Lipinski definition) is 1. The van der Waals surface area contributed by atoms with Gasteiger partial charge in [0.2, 0.25) is 0 Å². The van der Waals surface area contributed by atoms with Crippen LogP contribution in [0.15, 0.2) is 66.7 Å². The van der Waals surface area contributed by atoms with Crippen molar-refractivity contribution in [3.05, 3.63) is 93.1 Å². The van der Waals surface area contributed by atoms with E-state index in [-0.39, 0.29) is 26.4 Å². The van der Waals surface area contributed by atoms with E-state index in [2.05, 4.69) is 5.10 Å². The highest BCUT2D eigenvalue weighted by Crippen LogP contribution is 2.40. The van der Waals surface area contributed by atoms with Crippen LogP contribution in [-0.4, -0.2) is 14.9 Å². The third kappa shape index (κ3) is 4.82. The minimum Gasteiger partial charge on any atom is -0.386 e. The van der Waals surface area contributed by atoms with Crippen molar-refractivity contribution in [3.8, 4) is 28.1 Å². The van der Waals surface area contributed by atoms with Crippen LogP contribution in [0.5, 0.6) is 0 Å². The van der Waals surface area contributed by atoms with Gasteiger partial charge in [0.15, 0.2) is 5.69 Å². The van der Waals surface area contributed by atoms with Gasteiger partial charge in [0.1, 0.15) is 5.69 Å². The Hall–Kier alpha value is -2.51. The first kappa shape index (κ1) is 24.6. The molecule has 1 aromatic heterocycles. The van der Waals surface area contributed by atoms with E-state index in [1.165, 1.54) is 12.1 Å². The SMILES string of the molecule is CC(C)(O)c1cccc(-c2ccc(-c3cc(C(F)(F)F)nn3-c3c(Cl)cccc3Cl)c(Cl)c2)c1. The van der Waals surface area contributed by atoms with Gasteiger partial charge in [0, 0.05) is 5.56 Å². The molecule has 1 N–H and O–H groups in total. The van der Waals surface area contributed by atoms with E-state index in [0.29, 0.717) is 11.1 Å². The van der Waals surface area contributed by atoms with Crippen molar-refractivity contribution < 1.29 is 18.3 Å². The number of hydrogen-bond acceptors (Lipinski definition) is 2. The number of nitrogens with zero attached hydrogens (tertiary/aromatic N) is 2. The van der Waals surface area contributed by atoms with Crippen LogP contribution in [-0.2, 0) is 11.8 Å².